The molecule has 5 nitrogen and oxygen atoms in total. The Balaban J connectivity index is 2.07. The predicted octanol–water partition coefficient (Wildman–Crippen LogP) is 3.35. The third-order valence-electron chi connectivity index (χ3n) is 3.96. The van der Waals surface area contributed by atoms with Gasteiger partial charge < -0.3 is 14.4 Å². The van der Waals surface area contributed by atoms with Crippen molar-refractivity contribution in [3.8, 4) is 5.75 Å². The molecule has 0 aliphatic carbocycles. The summed E-state index contributed by atoms with van der Waals surface area (Å²) in [6.45, 7) is 3.86. The summed E-state index contributed by atoms with van der Waals surface area (Å²) in [5, 5.41) is 0. The average molecular weight is 325 g/mol. The van der Waals surface area contributed by atoms with Gasteiger partial charge >= 0.3 is 5.97 Å². The first kappa shape index (κ1) is 16.1. The lowest BCUT2D eigenvalue weighted by Gasteiger charge is -2.37. The lowest BCUT2D eigenvalue weighted by Crippen LogP contribution is -2.45. The van der Waals surface area contributed by atoms with E-state index in [1.54, 1.807) is 23.1 Å². The van der Waals surface area contributed by atoms with Crippen LogP contribution in [0, 0.1) is 0 Å². The number of esters is 1. The van der Waals surface area contributed by atoms with Crippen LogP contribution in [0.3, 0.4) is 0 Å². The summed E-state index contributed by atoms with van der Waals surface area (Å²) in [6.07, 6.45) is -0.690. The Kier molecular flexibility index (Phi) is 4.25. The van der Waals surface area contributed by atoms with Crippen molar-refractivity contribution in [2.24, 2.45) is 0 Å². The normalized spacial score (nSPS) is 16.6. The van der Waals surface area contributed by atoms with E-state index in [4.69, 9.17) is 9.47 Å². The van der Waals surface area contributed by atoms with Gasteiger partial charge in [-0.25, -0.2) is 4.79 Å². The summed E-state index contributed by atoms with van der Waals surface area (Å²) in [5.74, 6) is -0.0188. The van der Waals surface area contributed by atoms with Gasteiger partial charge in [-0.1, -0.05) is 30.3 Å². The molecule has 0 fully saturated rings. The number of benzene rings is 2. The van der Waals surface area contributed by atoms with Crippen LogP contribution in [-0.4, -0.2) is 25.0 Å². The highest BCUT2D eigenvalue weighted by Gasteiger charge is 2.37. The number of methoxy groups -OCH3 is 1. The number of amides is 1. The molecule has 1 atom stereocenters. The summed E-state index contributed by atoms with van der Waals surface area (Å²) in [4.78, 5) is 26.4. The van der Waals surface area contributed by atoms with Gasteiger partial charge in [0.2, 0.25) is 6.10 Å². The van der Waals surface area contributed by atoms with Gasteiger partial charge in [-0.3, -0.25) is 4.79 Å². The Labute approximate surface area is 140 Å². The monoisotopic (exact) mass is 325 g/mol. The number of hydrogen-bond acceptors (Lipinski definition) is 4. The van der Waals surface area contributed by atoms with Crippen LogP contribution in [0.2, 0.25) is 0 Å². The minimum Gasteiger partial charge on any atom is -0.474 e. The quantitative estimate of drug-likeness (QED) is 0.812. The van der Waals surface area contributed by atoms with Crippen LogP contribution in [0.15, 0.2) is 48.5 Å². The van der Waals surface area contributed by atoms with E-state index in [1.807, 2.05) is 44.2 Å². The van der Waals surface area contributed by atoms with Crippen molar-refractivity contribution in [2.75, 3.05) is 12.0 Å². The van der Waals surface area contributed by atoms with Crippen LogP contribution in [0.4, 0.5) is 5.69 Å². The number of rotatable bonds is 3. The molecule has 0 aromatic heterocycles. The van der Waals surface area contributed by atoms with Crippen molar-refractivity contribution in [2.45, 2.75) is 26.0 Å². The molecule has 2 aromatic carbocycles. The molecular formula is C19H19NO4. The number of anilines is 1. The number of hydrogen-bond donors (Lipinski definition) is 0. The van der Waals surface area contributed by atoms with E-state index in [1.165, 1.54) is 7.11 Å². The first-order valence-corrected chi connectivity index (χ1v) is 7.80. The average Bonchev–Trinajstić information content (AvgIpc) is 2.60. The first-order valence-electron chi connectivity index (χ1n) is 7.80. The molecule has 1 aliphatic heterocycles. The fraction of sp³-hybridized carbons (Fsp3) is 0.263. The molecule has 0 bridgehead atoms. The summed E-state index contributed by atoms with van der Waals surface area (Å²) in [6, 6.07) is 14.3. The third kappa shape index (κ3) is 2.73. The van der Waals surface area contributed by atoms with Gasteiger partial charge in [-0.15, -0.1) is 0 Å². The Morgan fingerprint density at radius 1 is 1.17 bits per heavy atom. The van der Waals surface area contributed by atoms with Crippen molar-refractivity contribution >= 4 is 17.6 Å². The highest BCUT2D eigenvalue weighted by Crippen LogP contribution is 2.40. The summed E-state index contributed by atoms with van der Waals surface area (Å²) < 4.78 is 10.7. The van der Waals surface area contributed by atoms with Crippen LogP contribution in [0.25, 0.3) is 0 Å². The molecule has 1 aliphatic rings. The van der Waals surface area contributed by atoms with E-state index < -0.39 is 12.1 Å². The molecule has 0 saturated heterocycles. The van der Waals surface area contributed by atoms with Crippen LogP contribution >= 0.6 is 0 Å². The second-order valence-corrected chi connectivity index (χ2v) is 5.88. The van der Waals surface area contributed by atoms with Crippen molar-refractivity contribution in [3.05, 3.63) is 59.7 Å². The number of ether oxygens (including phenoxy) is 2. The van der Waals surface area contributed by atoms with Gasteiger partial charge in [0, 0.05) is 11.6 Å². The van der Waals surface area contributed by atoms with Gasteiger partial charge in [0.05, 0.1) is 18.4 Å². The molecule has 124 valence electrons. The highest BCUT2D eigenvalue weighted by atomic mass is 16.5. The fourth-order valence-electron chi connectivity index (χ4n) is 2.84. The van der Waals surface area contributed by atoms with Crippen LogP contribution in [-0.2, 0) is 9.53 Å². The van der Waals surface area contributed by atoms with Gasteiger partial charge in [-0.2, -0.15) is 0 Å². The molecule has 0 saturated carbocycles. The van der Waals surface area contributed by atoms with E-state index in [0.29, 0.717) is 17.0 Å². The molecule has 0 radical (unpaired) electrons. The molecule has 1 unspecified atom stereocenters. The zero-order valence-electron chi connectivity index (χ0n) is 13.9. The number of carbonyl (C=O) groups is 2. The predicted molar refractivity (Wildman–Crippen MR) is 90.2 cm³/mol. The highest BCUT2D eigenvalue weighted by molar-refractivity contribution is 6.02. The maximum atomic E-state index is 13.0. The Hall–Kier alpha value is -2.82. The largest absolute Gasteiger partial charge is 0.474 e. The Morgan fingerprint density at radius 2 is 1.88 bits per heavy atom. The Morgan fingerprint density at radius 3 is 2.50 bits per heavy atom. The van der Waals surface area contributed by atoms with Gasteiger partial charge in [0.1, 0.15) is 5.75 Å². The molecule has 3 rings (SSSR count). The fourth-order valence-corrected chi connectivity index (χ4v) is 2.84. The molecular weight excluding hydrogens is 306 g/mol. The van der Waals surface area contributed by atoms with Crippen LogP contribution in [0.1, 0.15) is 35.9 Å². The smallest absolute Gasteiger partial charge is 0.337 e. The molecule has 1 amide bonds. The molecule has 1 heterocycles. The van der Waals surface area contributed by atoms with Gasteiger partial charge in [0.25, 0.3) is 5.91 Å². The van der Waals surface area contributed by atoms with Gasteiger partial charge in [-0.05, 0) is 32.0 Å². The lowest BCUT2D eigenvalue weighted by molar-refractivity contribution is -0.127. The molecule has 5 heteroatoms. The van der Waals surface area contributed by atoms with Crippen molar-refractivity contribution in [1.29, 1.82) is 0 Å². The van der Waals surface area contributed by atoms with Crippen molar-refractivity contribution < 1.29 is 19.1 Å². The van der Waals surface area contributed by atoms with E-state index in [-0.39, 0.29) is 11.9 Å². The summed E-state index contributed by atoms with van der Waals surface area (Å²) in [7, 11) is 1.33. The maximum Gasteiger partial charge on any atom is 0.337 e. The summed E-state index contributed by atoms with van der Waals surface area (Å²) in [5.41, 5.74) is 1.78. The lowest BCUT2D eigenvalue weighted by atomic mass is 10.0. The topological polar surface area (TPSA) is 55.8 Å². The molecule has 24 heavy (non-hydrogen) atoms. The van der Waals surface area contributed by atoms with Gasteiger partial charge in [0.15, 0.2) is 0 Å². The number of nitrogens with zero attached hydrogens (tertiary/aromatic N) is 1. The second-order valence-electron chi connectivity index (χ2n) is 5.88. The third-order valence-corrected chi connectivity index (χ3v) is 3.96. The minimum atomic E-state index is -0.690. The van der Waals surface area contributed by atoms with E-state index in [9.17, 15) is 9.59 Å². The number of carbonyl (C=O) groups excluding carboxylic acids is 2. The molecule has 0 N–H and O–H groups in total. The zero-order valence-corrected chi connectivity index (χ0v) is 13.9. The SMILES string of the molecule is COC(=O)c1ccc2c(c1)N(C(C)C)C(=O)C(c1ccccc1)O2. The van der Waals surface area contributed by atoms with Crippen molar-refractivity contribution in [3.63, 3.8) is 0 Å². The maximum absolute atomic E-state index is 13.0. The second kappa shape index (κ2) is 6.35. The van der Waals surface area contributed by atoms with E-state index in [2.05, 4.69) is 0 Å². The first-order chi connectivity index (χ1) is 11.5. The standard InChI is InChI=1S/C19H19NO4/c1-12(2)20-15-11-14(19(22)23-3)9-10-16(15)24-17(18(20)21)13-7-5-4-6-8-13/h4-12,17H,1-3H3. The number of fused-ring (bicyclic) bond motifs is 1. The molecule has 2 aromatic rings. The summed E-state index contributed by atoms with van der Waals surface area (Å²) >= 11 is 0. The van der Waals surface area contributed by atoms with Crippen molar-refractivity contribution in [1.82, 2.24) is 0 Å². The van der Waals surface area contributed by atoms with E-state index >= 15 is 0 Å². The van der Waals surface area contributed by atoms with E-state index in [0.717, 1.165) is 5.56 Å². The zero-order chi connectivity index (χ0) is 17.3. The van der Waals surface area contributed by atoms with Crippen LogP contribution in [0.5, 0.6) is 5.75 Å². The minimum absolute atomic E-state index is 0.0701. The molecule has 0 spiro atoms. The van der Waals surface area contributed by atoms with Crippen LogP contribution < -0.4 is 9.64 Å². The Bertz CT molecular complexity index is 770.